The van der Waals surface area contributed by atoms with Gasteiger partial charge in [-0.3, -0.25) is 14.2 Å². The number of hydrogen-bond donors (Lipinski definition) is 3. The Morgan fingerprint density at radius 1 is 1.00 bits per heavy atom. The van der Waals surface area contributed by atoms with Gasteiger partial charge in [0, 0.05) is 17.8 Å². The Balaban J connectivity index is 1.58. The lowest BCUT2D eigenvalue weighted by Gasteiger charge is -2.23. The molecule has 4 N–H and O–H groups in total. The number of nitrogen functional groups attached to an aromatic ring is 1. The molecule has 1 atom stereocenters. The van der Waals surface area contributed by atoms with E-state index < -0.39 is 6.04 Å². The monoisotopic (exact) mass is 546 g/mol. The highest BCUT2D eigenvalue weighted by molar-refractivity contribution is 6.01. The van der Waals surface area contributed by atoms with Crippen LogP contribution in [0, 0.1) is 13.8 Å². The number of nitrogens with two attached hydrogens (primary N) is 1. The van der Waals surface area contributed by atoms with Crippen LogP contribution in [-0.2, 0) is 4.79 Å². The van der Waals surface area contributed by atoms with Crippen LogP contribution < -0.4 is 21.9 Å². The number of anilines is 3. The largest absolute Gasteiger partial charge is 0.368 e. The first-order chi connectivity index (χ1) is 19.9. The van der Waals surface area contributed by atoms with Gasteiger partial charge in [-0.05, 0) is 62.2 Å². The highest BCUT2D eigenvalue weighted by atomic mass is 16.1. The maximum atomic E-state index is 13.9. The van der Waals surface area contributed by atoms with Crippen LogP contribution in [0.25, 0.3) is 22.7 Å². The molecule has 5 aromatic rings. The van der Waals surface area contributed by atoms with Crippen molar-refractivity contribution in [3.8, 4) is 5.69 Å². The summed E-state index contributed by atoms with van der Waals surface area (Å²) in [7, 11) is 0. The van der Waals surface area contributed by atoms with Crippen LogP contribution in [0.3, 0.4) is 0 Å². The average molecular weight is 547 g/mol. The molecule has 2 aromatic carbocycles. The molecular weight excluding hydrogens is 516 g/mol. The van der Waals surface area contributed by atoms with E-state index in [4.69, 9.17) is 10.7 Å². The number of carbonyl (C=O) groups is 1. The summed E-state index contributed by atoms with van der Waals surface area (Å²) >= 11 is 0. The molecule has 10 nitrogen and oxygen atoms in total. The molecule has 5 rings (SSSR count). The Morgan fingerprint density at radius 3 is 2.51 bits per heavy atom. The molecule has 0 saturated carbocycles. The Labute approximate surface area is 237 Å². The minimum Gasteiger partial charge on any atom is -0.368 e. The molecule has 10 heteroatoms. The molecule has 206 valence electrons. The third-order valence-corrected chi connectivity index (χ3v) is 6.65. The van der Waals surface area contributed by atoms with Gasteiger partial charge in [0.1, 0.15) is 17.5 Å². The highest BCUT2D eigenvalue weighted by Crippen LogP contribution is 2.28. The predicted octanol–water partition coefficient (Wildman–Crippen LogP) is 4.98. The smallest absolute Gasteiger partial charge is 0.266 e. The molecular formula is C31H30N8O2. The Morgan fingerprint density at radius 2 is 1.78 bits per heavy atom. The first-order valence-corrected chi connectivity index (χ1v) is 13.2. The van der Waals surface area contributed by atoms with Gasteiger partial charge >= 0.3 is 0 Å². The lowest BCUT2D eigenvalue weighted by molar-refractivity contribution is -0.111. The van der Waals surface area contributed by atoms with Gasteiger partial charge in [0.15, 0.2) is 0 Å². The predicted molar refractivity (Wildman–Crippen MR) is 162 cm³/mol. The summed E-state index contributed by atoms with van der Waals surface area (Å²) in [5.41, 5.74) is 9.22. The van der Waals surface area contributed by atoms with E-state index in [-0.39, 0.29) is 17.4 Å². The van der Waals surface area contributed by atoms with Gasteiger partial charge in [-0.25, -0.2) is 15.0 Å². The molecule has 1 amide bonds. The maximum Gasteiger partial charge on any atom is 0.266 e. The number of aromatic nitrogens is 5. The number of aryl methyl sites for hydroxylation is 2. The summed E-state index contributed by atoms with van der Waals surface area (Å²) in [6, 6.07) is 19.9. The summed E-state index contributed by atoms with van der Waals surface area (Å²) in [5, 5.41) is 6.73. The van der Waals surface area contributed by atoms with E-state index in [1.807, 2.05) is 62.4 Å². The van der Waals surface area contributed by atoms with Crippen LogP contribution in [0.4, 0.5) is 17.6 Å². The van der Waals surface area contributed by atoms with Crippen LogP contribution in [-0.4, -0.2) is 30.4 Å². The molecule has 0 radical (unpaired) electrons. The summed E-state index contributed by atoms with van der Waals surface area (Å²) in [4.78, 5) is 44.4. The lowest BCUT2D eigenvalue weighted by atomic mass is 10.1. The van der Waals surface area contributed by atoms with Crippen molar-refractivity contribution in [1.29, 1.82) is 0 Å². The quantitative estimate of drug-likeness (QED) is 0.231. The molecule has 0 saturated heterocycles. The van der Waals surface area contributed by atoms with E-state index >= 15 is 0 Å². The van der Waals surface area contributed by atoms with Crippen LogP contribution in [0.5, 0.6) is 0 Å². The lowest BCUT2D eigenvalue weighted by Crippen LogP contribution is -2.29. The van der Waals surface area contributed by atoms with E-state index in [1.165, 1.54) is 6.08 Å². The van der Waals surface area contributed by atoms with Crippen LogP contribution in [0.1, 0.15) is 42.0 Å². The third-order valence-electron chi connectivity index (χ3n) is 6.65. The van der Waals surface area contributed by atoms with Gasteiger partial charge < -0.3 is 16.4 Å². The summed E-state index contributed by atoms with van der Waals surface area (Å²) < 4.78 is 1.64. The fraction of sp³-hybridized carbons (Fsp3) is 0.161. The molecule has 0 fully saturated rings. The van der Waals surface area contributed by atoms with Crippen molar-refractivity contribution in [1.82, 2.24) is 24.5 Å². The Hall–Kier alpha value is -5.38. The molecule has 0 aliphatic rings. The molecule has 0 bridgehead atoms. The van der Waals surface area contributed by atoms with Crippen LogP contribution >= 0.6 is 0 Å². The van der Waals surface area contributed by atoms with Gasteiger partial charge in [-0.1, -0.05) is 43.3 Å². The molecule has 1 unspecified atom stereocenters. The van der Waals surface area contributed by atoms with Gasteiger partial charge in [-0.2, -0.15) is 4.98 Å². The summed E-state index contributed by atoms with van der Waals surface area (Å²) in [6.07, 6.45) is 5.19. The zero-order valence-corrected chi connectivity index (χ0v) is 23.0. The van der Waals surface area contributed by atoms with Crippen molar-refractivity contribution in [3.05, 3.63) is 112 Å². The van der Waals surface area contributed by atoms with Crippen molar-refractivity contribution >= 4 is 40.5 Å². The van der Waals surface area contributed by atoms with E-state index in [0.29, 0.717) is 51.7 Å². The van der Waals surface area contributed by atoms with Gasteiger partial charge in [-0.15, -0.1) is 0 Å². The molecule has 0 spiro atoms. The topological polar surface area (TPSA) is 141 Å². The molecule has 0 aliphatic carbocycles. The number of pyridine rings is 1. The number of hydrogen-bond acceptors (Lipinski definition) is 8. The molecule has 41 heavy (non-hydrogen) atoms. The number of nitrogens with zero attached hydrogens (tertiary/aromatic N) is 5. The first kappa shape index (κ1) is 27.2. The van der Waals surface area contributed by atoms with Crippen molar-refractivity contribution in [2.45, 2.75) is 33.2 Å². The van der Waals surface area contributed by atoms with E-state index in [0.717, 1.165) is 5.56 Å². The zero-order chi connectivity index (χ0) is 28.9. The van der Waals surface area contributed by atoms with Crippen molar-refractivity contribution < 1.29 is 4.79 Å². The zero-order valence-electron chi connectivity index (χ0n) is 23.0. The third kappa shape index (κ3) is 5.81. The van der Waals surface area contributed by atoms with Crippen molar-refractivity contribution in [3.63, 3.8) is 0 Å². The number of rotatable bonds is 8. The van der Waals surface area contributed by atoms with Crippen LogP contribution in [0.2, 0.25) is 0 Å². The standard InChI is InChI=1S/C31H30N8O2/c1-4-23(29-36-24-14-10-11-19(2)27(24)30(41)39(29)21-12-6-5-7-13-21)35-28-22(20(3)34-31(32)38-28)16-17-26(40)37-25-15-8-9-18-33-25/h5-18,23H,4H2,1-3H3,(H,33,37,40)(H3,32,34,35,38)/b17-16+. The second-order valence-electron chi connectivity index (χ2n) is 9.49. The van der Waals surface area contributed by atoms with Gasteiger partial charge in [0.2, 0.25) is 11.9 Å². The van der Waals surface area contributed by atoms with Crippen molar-refractivity contribution in [2.75, 3.05) is 16.4 Å². The minimum atomic E-state index is -0.434. The minimum absolute atomic E-state index is 0.0810. The van der Waals surface area contributed by atoms with E-state index in [9.17, 15) is 9.59 Å². The number of benzene rings is 2. The number of para-hydroxylation sites is 1. The van der Waals surface area contributed by atoms with E-state index in [2.05, 4.69) is 25.6 Å². The number of amides is 1. The normalized spacial score (nSPS) is 12.0. The second-order valence-corrected chi connectivity index (χ2v) is 9.49. The second kappa shape index (κ2) is 11.8. The number of fused-ring (bicyclic) bond motifs is 1. The maximum absolute atomic E-state index is 13.9. The van der Waals surface area contributed by atoms with Crippen molar-refractivity contribution in [2.24, 2.45) is 0 Å². The molecule has 3 heterocycles. The molecule has 0 aliphatic heterocycles. The number of carbonyl (C=O) groups excluding carboxylic acids is 1. The molecule has 3 aromatic heterocycles. The van der Waals surface area contributed by atoms with Gasteiger partial charge in [0.25, 0.3) is 5.56 Å². The highest BCUT2D eigenvalue weighted by Gasteiger charge is 2.23. The Bertz CT molecular complexity index is 1800. The summed E-state index contributed by atoms with van der Waals surface area (Å²) in [6.45, 7) is 5.69. The van der Waals surface area contributed by atoms with Crippen LogP contribution in [0.15, 0.2) is 83.8 Å². The Kier molecular flexibility index (Phi) is 7.82. The SMILES string of the molecule is CCC(Nc1nc(N)nc(C)c1/C=C/C(=O)Nc1ccccn1)c1nc2cccc(C)c2c(=O)n1-c1ccccc1. The summed E-state index contributed by atoms with van der Waals surface area (Å²) in [5.74, 6) is 1.11. The average Bonchev–Trinajstić information content (AvgIpc) is 2.96. The fourth-order valence-corrected chi connectivity index (χ4v) is 4.66. The fourth-order valence-electron chi connectivity index (χ4n) is 4.66. The van der Waals surface area contributed by atoms with Gasteiger partial charge in [0.05, 0.1) is 28.3 Å². The van der Waals surface area contributed by atoms with E-state index in [1.54, 1.807) is 42.0 Å². The first-order valence-electron chi connectivity index (χ1n) is 13.2. The number of nitrogens with one attached hydrogen (secondary N) is 2.